The number of furan rings is 1. The van der Waals surface area contributed by atoms with Gasteiger partial charge >= 0.3 is 0 Å². The van der Waals surface area contributed by atoms with Crippen molar-refractivity contribution in [3.63, 3.8) is 0 Å². The third kappa shape index (κ3) is 5.96. The Labute approximate surface area is 211 Å². The molecule has 0 aliphatic carbocycles. The lowest BCUT2D eigenvalue weighted by molar-refractivity contribution is -0.134. The van der Waals surface area contributed by atoms with Crippen molar-refractivity contribution in [2.45, 2.75) is 59.2 Å². The molecule has 2 aromatic carbocycles. The van der Waals surface area contributed by atoms with Crippen molar-refractivity contribution in [3.05, 3.63) is 88.6 Å². The summed E-state index contributed by atoms with van der Waals surface area (Å²) in [5.74, 6) is 1.04. The van der Waals surface area contributed by atoms with E-state index in [1.165, 1.54) is 12.1 Å². The first kappa shape index (κ1) is 25.5. The highest BCUT2D eigenvalue weighted by Crippen LogP contribution is 2.38. The highest BCUT2D eigenvalue weighted by molar-refractivity contribution is 5.91. The quantitative estimate of drug-likeness (QED) is 0.441. The second kappa shape index (κ2) is 11.0. The molecule has 0 saturated carbocycles. The fraction of sp³-hybridized carbons (Fsp3) is 0.379. The molecular weight excluding hydrogens is 459 g/mol. The Morgan fingerprint density at radius 3 is 2.64 bits per heavy atom. The van der Waals surface area contributed by atoms with E-state index in [4.69, 9.17) is 9.15 Å². The summed E-state index contributed by atoms with van der Waals surface area (Å²) in [6.07, 6.45) is 1.15. The summed E-state index contributed by atoms with van der Waals surface area (Å²) >= 11 is 0. The third-order valence-electron chi connectivity index (χ3n) is 6.10. The maximum atomic E-state index is 14.2. The molecule has 1 atom stereocenters. The van der Waals surface area contributed by atoms with E-state index in [0.717, 1.165) is 23.1 Å². The number of ether oxygens (including phenoxy) is 1. The standard InChI is InChI=1S/C29H33FN2O4/c1-18(2)14-27(33)32-13-12-20-8-9-23(16-25(20)28(32)21-6-5-7-22(30)15-21)35-17-24-10-11-26(36-24)29(34)31-19(3)4/h5-11,15-16,18-19,28H,12-14,17H2,1-4H3,(H,31,34). The van der Waals surface area contributed by atoms with Crippen LogP contribution >= 0.6 is 0 Å². The van der Waals surface area contributed by atoms with Crippen molar-refractivity contribution in [1.29, 1.82) is 0 Å². The van der Waals surface area contributed by atoms with E-state index in [0.29, 0.717) is 24.5 Å². The van der Waals surface area contributed by atoms with E-state index < -0.39 is 6.04 Å². The first-order valence-corrected chi connectivity index (χ1v) is 12.4. The van der Waals surface area contributed by atoms with Gasteiger partial charge in [0.15, 0.2) is 5.76 Å². The predicted molar refractivity (Wildman–Crippen MR) is 135 cm³/mol. The van der Waals surface area contributed by atoms with Gasteiger partial charge in [0.05, 0.1) is 6.04 Å². The molecule has 36 heavy (non-hydrogen) atoms. The molecule has 3 aromatic rings. The Morgan fingerprint density at radius 2 is 1.92 bits per heavy atom. The number of halogens is 1. The Balaban J connectivity index is 1.58. The van der Waals surface area contributed by atoms with Crippen LogP contribution in [0.2, 0.25) is 0 Å². The molecule has 1 N–H and O–H groups in total. The number of carbonyl (C=O) groups is 2. The van der Waals surface area contributed by atoms with Gasteiger partial charge in [0, 0.05) is 19.0 Å². The fourth-order valence-corrected chi connectivity index (χ4v) is 4.52. The molecule has 7 heteroatoms. The van der Waals surface area contributed by atoms with Gasteiger partial charge in [-0.1, -0.05) is 32.0 Å². The number of amides is 2. The molecule has 190 valence electrons. The maximum absolute atomic E-state index is 14.2. The van der Waals surface area contributed by atoms with Crippen molar-refractivity contribution < 1.29 is 23.1 Å². The average Bonchev–Trinajstić information content (AvgIpc) is 3.30. The van der Waals surface area contributed by atoms with Gasteiger partial charge in [-0.05, 0) is 79.3 Å². The van der Waals surface area contributed by atoms with Crippen molar-refractivity contribution in [3.8, 4) is 5.75 Å². The highest BCUT2D eigenvalue weighted by Gasteiger charge is 2.32. The second-order valence-electron chi connectivity index (χ2n) is 9.94. The van der Waals surface area contributed by atoms with E-state index in [1.54, 1.807) is 18.2 Å². The molecule has 1 unspecified atom stereocenters. The van der Waals surface area contributed by atoms with Gasteiger partial charge in [-0.2, -0.15) is 0 Å². The molecule has 1 aliphatic rings. The number of nitrogens with one attached hydrogen (secondary N) is 1. The van der Waals surface area contributed by atoms with Crippen molar-refractivity contribution in [2.24, 2.45) is 5.92 Å². The van der Waals surface area contributed by atoms with Crippen molar-refractivity contribution >= 4 is 11.8 Å². The molecule has 1 aliphatic heterocycles. The SMILES string of the molecule is CC(C)CC(=O)N1CCc2ccc(OCc3ccc(C(=O)NC(C)C)o3)cc2C1c1cccc(F)c1. The second-order valence-corrected chi connectivity index (χ2v) is 9.94. The number of benzene rings is 2. The van der Waals surface area contributed by atoms with E-state index in [-0.39, 0.29) is 42.0 Å². The number of carbonyl (C=O) groups excluding carboxylic acids is 2. The highest BCUT2D eigenvalue weighted by atomic mass is 19.1. The van der Waals surface area contributed by atoms with Gasteiger partial charge in [0.25, 0.3) is 5.91 Å². The predicted octanol–water partition coefficient (Wildman–Crippen LogP) is 5.66. The Kier molecular flexibility index (Phi) is 7.77. The van der Waals surface area contributed by atoms with Gasteiger partial charge in [0.2, 0.25) is 5.91 Å². The van der Waals surface area contributed by atoms with E-state index in [2.05, 4.69) is 5.32 Å². The molecule has 1 aromatic heterocycles. The van der Waals surface area contributed by atoms with Crippen LogP contribution in [0.25, 0.3) is 0 Å². The summed E-state index contributed by atoms with van der Waals surface area (Å²) in [6.45, 7) is 8.53. The van der Waals surface area contributed by atoms with Crippen LogP contribution < -0.4 is 10.1 Å². The number of hydrogen-bond donors (Lipinski definition) is 1. The molecule has 6 nitrogen and oxygen atoms in total. The monoisotopic (exact) mass is 492 g/mol. The average molecular weight is 493 g/mol. The van der Waals surface area contributed by atoms with Gasteiger partial charge in [-0.15, -0.1) is 0 Å². The fourth-order valence-electron chi connectivity index (χ4n) is 4.52. The zero-order chi connectivity index (χ0) is 25.8. The van der Waals surface area contributed by atoms with Crippen LogP contribution in [-0.2, 0) is 17.8 Å². The van der Waals surface area contributed by atoms with Gasteiger partial charge in [-0.3, -0.25) is 9.59 Å². The van der Waals surface area contributed by atoms with E-state index in [9.17, 15) is 14.0 Å². The van der Waals surface area contributed by atoms with Crippen molar-refractivity contribution in [1.82, 2.24) is 10.2 Å². The van der Waals surface area contributed by atoms with E-state index >= 15 is 0 Å². The molecular formula is C29H33FN2O4. The summed E-state index contributed by atoms with van der Waals surface area (Å²) in [6, 6.07) is 15.2. The number of hydrogen-bond acceptors (Lipinski definition) is 4. The molecule has 4 rings (SSSR count). The lowest BCUT2D eigenvalue weighted by atomic mass is 9.87. The van der Waals surface area contributed by atoms with Crippen LogP contribution in [0.4, 0.5) is 4.39 Å². The Morgan fingerprint density at radius 1 is 1.11 bits per heavy atom. The summed E-state index contributed by atoms with van der Waals surface area (Å²) in [7, 11) is 0. The zero-order valence-corrected chi connectivity index (χ0v) is 21.2. The molecule has 0 bridgehead atoms. The largest absolute Gasteiger partial charge is 0.486 e. The lowest BCUT2D eigenvalue weighted by Gasteiger charge is -2.38. The van der Waals surface area contributed by atoms with Crippen LogP contribution in [0.5, 0.6) is 5.75 Å². The maximum Gasteiger partial charge on any atom is 0.287 e. The Hall–Kier alpha value is -3.61. The first-order chi connectivity index (χ1) is 17.2. The summed E-state index contributed by atoms with van der Waals surface area (Å²) in [5.41, 5.74) is 2.77. The van der Waals surface area contributed by atoms with Crippen molar-refractivity contribution in [2.75, 3.05) is 6.54 Å². The number of fused-ring (bicyclic) bond motifs is 1. The van der Waals surface area contributed by atoms with Gasteiger partial charge < -0.3 is 19.4 Å². The molecule has 2 amide bonds. The lowest BCUT2D eigenvalue weighted by Crippen LogP contribution is -2.41. The smallest absolute Gasteiger partial charge is 0.287 e. The minimum atomic E-state index is -0.394. The van der Waals surface area contributed by atoms with E-state index in [1.807, 2.05) is 56.9 Å². The molecule has 0 spiro atoms. The van der Waals surface area contributed by atoms with Crippen LogP contribution in [0.3, 0.4) is 0 Å². The normalized spacial score (nSPS) is 15.2. The molecule has 0 saturated heterocycles. The topological polar surface area (TPSA) is 71.8 Å². The van der Waals surface area contributed by atoms with Crippen LogP contribution in [-0.4, -0.2) is 29.3 Å². The first-order valence-electron chi connectivity index (χ1n) is 12.4. The summed E-state index contributed by atoms with van der Waals surface area (Å²) in [4.78, 5) is 27.2. The summed E-state index contributed by atoms with van der Waals surface area (Å²) < 4.78 is 25.8. The number of rotatable bonds is 8. The van der Waals surface area contributed by atoms with Gasteiger partial charge in [0.1, 0.15) is 23.9 Å². The van der Waals surface area contributed by atoms with Crippen LogP contribution in [0.1, 0.15) is 73.2 Å². The number of nitrogens with zero attached hydrogens (tertiary/aromatic N) is 1. The molecule has 0 radical (unpaired) electrons. The zero-order valence-electron chi connectivity index (χ0n) is 21.2. The minimum absolute atomic E-state index is 0.0100. The molecule has 2 heterocycles. The molecule has 0 fully saturated rings. The summed E-state index contributed by atoms with van der Waals surface area (Å²) in [5, 5.41) is 2.80. The Bertz CT molecular complexity index is 1230. The minimum Gasteiger partial charge on any atom is -0.486 e. The van der Waals surface area contributed by atoms with Crippen LogP contribution in [0, 0.1) is 11.7 Å². The third-order valence-corrected chi connectivity index (χ3v) is 6.10. The van der Waals surface area contributed by atoms with Crippen LogP contribution in [0.15, 0.2) is 59.0 Å². The van der Waals surface area contributed by atoms with Gasteiger partial charge in [-0.25, -0.2) is 4.39 Å².